The van der Waals surface area contributed by atoms with E-state index in [9.17, 15) is 0 Å². The zero-order chi connectivity index (χ0) is 13.7. The molecule has 1 saturated heterocycles. The molecular formula is C14H21Cl2N3. The number of hydrogen-bond donors (Lipinski definition) is 1. The molecule has 2 rings (SSSR count). The van der Waals surface area contributed by atoms with E-state index in [4.69, 9.17) is 23.2 Å². The lowest BCUT2D eigenvalue weighted by Crippen LogP contribution is -2.46. The van der Waals surface area contributed by atoms with Crippen molar-refractivity contribution >= 4 is 23.2 Å². The summed E-state index contributed by atoms with van der Waals surface area (Å²) < 4.78 is 0. The van der Waals surface area contributed by atoms with Gasteiger partial charge in [-0.1, -0.05) is 30.1 Å². The number of halogens is 2. The lowest BCUT2D eigenvalue weighted by molar-refractivity contribution is 0.156. The van der Waals surface area contributed by atoms with Gasteiger partial charge in [0.05, 0.1) is 10.7 Å². The van der Waals surface area contributed by atoms with Crippen LogP contribution in [0, 0.1) is 0 Å². The fraction of sp³-hybridized carbons (Fsp3) is 0.643. The quantitative estimate of drug-likeness (QED) is 0.845. The van der Waals surface area contributed by atoms with Gasteiger partial charge in [0.25, 0.3) is 0 Å². The van der Waals surface area contributed by atoms with Crippen molar-refractivity contribution in [3.05, 3.63) is 28.0 Å². The summed E-state index contributed by atoms with van der Waals surface area (Å²) in [6.07, 6.45) is 3.61. The average Bonchev–Trinajstić information content (AvgIpc) is 2.43. The minimum atomic E-state index is 0.512. The van der Waals surface area contributed by atoms with E-state index in [0.29, 0.717) is 16.2 Å². The molecule has 1 aromatic rings. The van der Waals surface area contributed by atoms with E-state index in [-0.39, 0.29) is 0 Å². The van der Waals surface area contributed by atoms with Gasteiger partial charge in [-0.15, -0.1) is 0 Å². The molecule has 1 aliphatic heterocycles. The minimum Gasteiger partial charge on any atom is -0.315 e. The van der Waals surface area contributed by atoms with Gasteiger partial charge in [0.2, 0.25) is 0 Å². The number of rotatable bonds is 5. The van der Waals surface area contributed by atoms with Crippen molar-refractivity contribution in [1.82, 2.24) is 15.2 Å². The molecule has 3 nitrogen and oxygen atoms in total. The van der Waals surface area contributed by atoms with Crippen LogP contribution in [0.4, 0.5) is 0 Å². The second-order valence-electron chi connectivity index (χ2n) is 5.03. The van der Waals surface area contributed by atoms with Crippen molar-refractivity contribution in [3.63, 3.8) is 0 Å². The Morgan fingerprint density at radius 1 is 1.42 bits per heavy atom. The lowest BCUT2D eigenvalue weighted by atomic mass is 10.1. The molecule has 0 amide bonds. The van der Waals surface area contributed by atoms with Crippen LogP contribution in [0.3, 0.4) is 0 Å². The summed E-state index contributed by atoms with van der Waals surface area (Å²) in [5.41, 5.74) is 0.883. The van der Waals surface area contributed by atoms with E-state index >= 15 is 0 Å². The van der Waals surface area contributed by atoms with Gasteiger partial charge in [-0.25, -0.2) is 4.98 Å². The van der Waals surface area contributed by atoms with E-state index in [1.54, 1.807) is 6.07 Å². The second kappa shape index (κ2) is 7.44. The highest BCUT2D eigenvalue weighted by molar-refractivity contribution is 6.32. The molecule has 1 aromatic heterocycles. The molecule has 1 unspecified atom stereocenters. The average molecular weight is 302 g/mol. The number of piperidine rings is 1. The number of hydrogen-bond acceptors (Lipinski definition) is 3. The van der Waals surface area contributed by atoms with Crippen LogP contribution in [0.25, 0.3) is 0 Å². The van der Waals surface area contributed by atoms with E-state index in [2.05, 4.69) is 22.1 Å². The van der Waals surface area contributed by atoms with Crippen molar-refractivity contribution in [2.75, 3.05) is 19.6 Å². The summed E-state index contributed by atoms with van der Waals surface area (Å²) in [6, 6.07) is 4.14. The molecule has 0 saturated carbocycles. The second-order valence-corrected chi connectivity index (χ2v) is 5.83. The SMILES string of the molecule is CCCN(Cc1nc(Cl)ccc1Cl)C1CCCNC1. The third kappa shape index (κ3) is 4.32. The summed E-state index contributed by atoms with van der Waals surface area (Å²) in [6.45, 7) is 6.23. The largest absolute Gasteiger partial charge is 0.315 e. The highest BCUT2D eigenvalue weighted by Crippen LogP contribution is 2.21. The van der Waals surface area contributed by atoms with Crippen LogP contribution in [0.15, 0.2) is 12.1 Å². The Kier molecular flexibility index (Phi) is 5.89. The van der Waals surface area contributed by atoms with Gasteiger partial charge in [-0.05, 0) is 44.5 Å². The molecular weight excluding hydrogens is 281 g/mol. The summed E-state index contributed by atoms with van der Waals surface area (Å²) in [7, 11) is 0. The number of aromatic nitrogens is 1. The lowest BCUT2D eigenvalue weighted by Gasteiger charge is -2.34. The molecule has 0 spiro atoms. The first-order valence-electron chi connectivity index (χ1n) is 6.96. The standard InChI is InChI=1S/C14H21Cl2N3/c1-2-8-19(11-4-3-7-17-9-11)10-13-12(15)5-6-14(16)18-13/h5-6,11,17H,2-4,7-10H2,1H3. The van der Waals surface area contributed by atoms with Crippen LogP contribution in [0.5, 0.6) is 0 Å². The number of nitrogens with zero attached hydrogens (tertiary/aromatic N) is 2. The molecule has 1 aliphatic rings. The Morgan fingerprint density at radius 3 is 2.95 bits per heavy atom. The topological polar surface area (TPSA) is 28.2 Å². The normalized spacial score (nSPS) is 19.9. The summed E-state index contributed by atoms with van der Waals surface area (Å²) in [4.78, 5) is 6.83. The van der Waals surface area contributed by atoms with Crippen LogP contribution < -0.4 is 5.32 Å². The molecule has 1 fully saturated rings. The first-order valence-corrected chi connectivity index (χ1v) is 7.72. The fourth-order valence-electron chi connectivity index (χ4n) is 2.58. The predicted molar refractivity (Wildman–Crippen MR) is 80.8 cm³/mol. The van der Waals surface area contributed by atoms with Gasteiger partial charge in [0.1, 0.15) is 5.15 Å². The van der Waals surface area contributed by atoms with Gasteiger partial charge < -0.3 is 5.32 Å². The van der Waals surface area contributed by atoms with Gasteiger partial charge in [-0.2, -0.15) is 0 Å². The third-order valence-electron chi connectivity index (χ3n) is 3.54. The Hall–Kier alpha value is -0.350. The molecule has 2 heterocycles. The maximum Gasteiger partial charge on any atom is 0.129 e. The van der Waals surface area contributed by atoms with E-state index in [1.807, 2.05) is 6.07 Å². The first kappa shape index (κ1) is 15.0. The Bertz CT molecular complexity index is 406. The van der Waals surface area contributed by atoms with Crippen LogP contribution in [0.2, 0.25) is 10.2 Å². The molecule has 5 heteroatoms. The van der Waals surface area contributed by atoms with Gasteiger partial charge in [0, 0.05) is 19.1 Å². The molecule has 1 atom stereocenters. The predicted octanol–water partition coefficient (Wildman–Crippen LogP) is 3.35. The highest BCUT2D eigenvalue weighted by atomic mass is 35.5. The zero-order valence-electron chi connectivity index (χ0n) is 11.3. The summed E-state index contributed by atoms with van der Waals surface area (Å²) in [5.74, 6) is 0. The molecule has 0 bridgehead atoms. The monoisotopic (exact) mass is 301 g/mol. The zero-order valence-corrected chi connectivity index (χ0v) is 12.8. The Balaban J connectivity index is 2.08. The van der Waals surface area contributed by atoms with Gasteiger partial charge >= 0.3 is 0 Å². The molecule has 106 valence electrons. The van der Waals surface area contributed by atoms with Crippen molar-refractivity contribution in [3.8, 4) is 0 Å². The van der Waals surface area contributed by atoms with Crippen LogP contribution in [0.1, 0.15) is 31.9 Å². The van der Waals surface area contributed by atoms with Crippen LogP contribution >= 0.6 is 23.2 Å². The first-order chi connectivity index (χ1) is 9.20. The van der Waals surface area contributed by atoms with Crippen LogP contribution in [-0.4, -0.2) is 35.6 Å². The van der Waals surface area contributed by atoms with Gasteiger partial charge in [-0.3, -0.25) is 4.90 Å². The molecule has 1 N–H and O–H groups in total. The number of pyridine rings is 1. The molecule has 0 aliphatic carbocycles. The van der Waals surface area contributed by atoms with E-state index in [0.717, 1.165) is 38.3 Å². The Labute approximate surface area is 125 Å². The van der Waals surface area contributed by atoms with Crippen molar-refractivity contribution in [2.45, 2.75) is 38.8 Å². The van der Waals surface area contributed by atoms with Crippen molar-refractivity contribution < 1.29 is 0 Å². The maximum atomic E-state index is 6.22. The highest BCUT2D eigenvalue weighted by Gasteiger charge is 2.21. The summed E-state index contributed by atoms with van der Waals surface area (Å²) >= 11 is 12.2. The van der Waals surface area contributed by atoms with E-state index < -0.39 is 0 Å². The Morgan fingerprint density at radius 2 is 2.26 bits per heavy atom. The summed E-state index contributed by atoms with van der Waals surface area (Å²) in [5, 5.41) is 4.68. The fourth-order valence-corrected chi connectivity index (χ4v) is 2.91. The molecule has 0 aromatic carbocycles. The third-order valence-corrected chi connectivity index (χ3v) is 4.09. The minimum absolute atomic E-state index is 0.512. The smallest absolute Gasteiger partial charge is 0.129 e. The van der Waals surface area contributed by atoms with Crippen LogP contribution in [-0.2, 0) is 6.54 Å². The van der Waals surface area contributed by atoms with Crippen molar-refractivity contribution in [1.29, 1.82) is 0 Å². The number of nitrogens with one attached hydrogen (secondary N) is 1. The van der Waals surface area contributed by atoms with E-state index in [1.165, 1.54) is 12.8 Å². The van der Waals surface area contributed by atoms with Crippen molar-refractivity contribution in [2.24, 2.45) is 0 Å². The van der Waals surface area contributed by atoms with Gasteiger partial charge in [0.15, 0.2) is 0 Å². The molecule has 0 radical (unpaired) electrons. The maximum absolute atomic E-state index is 6.22. The molecule has 19 heavy (non-hydrogen) atoms.